The van der Waals surface area contributed by atoms with Gasteiger partial charge in [0.2, 0.25) is 0 Å². The standard InChI is InChI=1S/C15H25NO3/c1-15(2,3)19-14(18)16-10-5-4-8-12(16)11-7-6-9-13(11)17/h11-12H,4-10H2,1-3H3/t11-,12+/m0/s1. The molecule has 108 valence electrons. The molecule has 1 aliphatic heterocycles. The van der Waals surface area contributed by atoms with Crippen molar-refractivity contribution in [3.05, 3.63) is 0 Å². The molecule has 1 saturated carbocycles. The van der Waals surface area contributed by atoms with Crippen molar-refractivity contribution in [3.8, 4) is 0 Å². The first-order valence-electron chi connectivity index (χ1n) is 7.41. The molecule has 19 heavy (non-hydrogen) atoms. The molecule has 4 heteroatoms. The van der Waals surface area contributed by atoms with E-state index in [1.807, 2.05) is 25.7 Å². The summed E-state index contributed by atoms with van der Waals surface area (Å²) in [5.41, 5.74) is -0.473. The molecule has 1 heterocycles. The molecular weight excluding hydrogens is 242 g/mol. The Kier molecular flexibility index (Phi) is 4.16. The van der Waals surface area contributed by atoms with Crippen molar-refractivity contribution in [1.29, 1.82) is 0 Å². The van der Waals surface area contributed by atoms with Crippen LogP contribution < -0.4 is 0 Å². The van der Waals surface area contributed by atoms with Gasteiger partial charge in [0, 0.05) is 24.9 Å². The van der Waals surface area contributed by atoms with Crippen LogP contribution in [0.4, 0.5) is 4.79 Å². The third kappa shape index (κ3) is 3.48. The molecule has 0 unspecified atom stereocenters. The van der Waals surface area contributed by atoms with Gasteiger partial charge in [-0.3, -0.25) is 4.79 Å². The third-order valence-electron chi connectivity index (χ3n) is 3.99. The molecule has 2 atom stereocenters. The van der Waals surface area contributed by atoms with E-state index in [0.717, 1.165) is 38.6 Å². The Morgan fingerprint density at radius 2 is 1.95 bits per heavy atom. The highest BCUT2D eigenvalue weighted by Crippen LogP contribution is 2.33. The van der Waals surface area contributed by atoms with Gasteiger partial charge >= 0.3 is 6.09 Å². The highest BCUT2D eigenvalue weighted by molar-refractivity contribution is 5.84. The minimum Gasteiger partial charge on any atom is -0.444 e. The largest absolute Gasteiger partial charge is 0.444 e. The summed E-state index contributed by atoms with van der Waals surface area (Å²) < 4.78 is 5.48. The number of carbonyl (C=O) groups is 2. The average Bonchev–Trinajstić information content (AvgIpc) is 2.73. The van der Waals surface area contributed by atoms with Crippen molar-refractivity contribution in [2.24, 2.45) is 5.92 Å². The van der Waals surface area contributed by atoms with E-state index in [4.69, 9.17) is 4.74 Å². The van der Waals surface area contributed by atoms with E-state index in [2.05, 4.69) is 0 Å². The number of ether oxygens (including phenoxy) is 1. The number of hydrogen-bond donors (Lipinski definition) is 0. The second-order valence-corrected chi connectivity index (χ2v) is 6.70. The quantitative estimate of drug-likeness (QED) is 0.733. The predicted octanol–water partition coefficient (Wildman–Crippen LogP) is 3.15. The van der Waals surface area contributed by atoms with Gasteiger partial charge in [-0.2, -0.15) is 0 Å². The normalized spacial score (nSPS) is 28.6. The number of rotatable bonds is 1. The lowest BCUT2D eigenvalue weighted by Crippen LogP contribution is -2.50. The Balaban J connectivity index is 2.07. The van der Waals surface area contributed by atoms with E-state index < -0.39 is 5.60 Å². The predicted molar refractivity (Wildman–Crippen MR) is 72.9 cm³/mol. The van der Waals surface area contributed by atoms with E-state index in [0.29, 0.717) is 12.2 Å². The maximum atomic E-state index is 12.3. The Bertz CT molecular complexity index is 359. The molecule has 2 aliphatic rings. The molecular formula is C15H25NO3. The lowest BCUT2D eigenvalue weighted by atomic mass is 9.89. The molecule has 4 nitrogen and oxygen atoms in total. The summed E-state index contributed by atoms with van der Waals surface area (Å²) in [5.74, 6) is 0.383. The summed E-state index contributed by atoms with van der Waals surface area (Å²) in [4.78, 5) is 26.0. The van der Waals surface area contributed by atoms with Crippen molar-refractivity contribution in [2.75, 3.05) is 6.54 Å². The molecule has 2 rings (SSSR count). The summed E-state index contributed by atoms with van der Waals surface area (Å²) in [7, 11) is 0. The van der Waals surface area contributed by atoms with Gasteiger partial charge in [-0.05, 0) is 52.9 Å². The van der Waals surface area contributed by atoms with Crippen LogP contribution in [0.2, 0.25) is 0 Å². The summed E-state index contributed by atoms with van der Waals surface area (Å²) >= 11 is 0. The smallest absolute Gasteiger partial charge is 0.410 e. The maximum absolute atomic E-state index is 12.3. The number of Topliss-reactive ketones (excluding diaryl/α,β-unsaturated/α-hetero) is 1. The molecule has 0 aromatic heterocycles. The summed E-state index contributed by atoms with van der Waals surface area (Å²) in [6.45, 7) is 6.36. The Morgan fingerprint density at radius 3 is 2.53 bits per heavy atom. The molecule has 1 amide bonds. The minimum atomic E-state index is -0.473. The monoisotopic (exact) mass is 267 g/mol. The fraction of sp³-hybridized carbons (Fsp3) is 0.867. The van der Waals surface area contributed by atoms with Crippen LogP contribution in [0.3, 0.4) is 0 Å². The van der Waals surface area contributed by atoms with Gasteiger partial charge < -0.3 is 9.64 Å². The Morgan fingerprint density at radius 1 is 1.21 bits per heavy atom. The van der Waals surface area contributed by atoms with Crippen LogP contribution in [-0.4, -0.2) is 35.0 Å². The molecule has 0 bridgehead atoms. The van der Waals surface area contributed by atoms with Gasteiger partial charge in [0.15, 0.2) is 0 Å². The van der Waals surface area contributed by atoms with Crippen LogP contribution in [-0.2, 0) is 9.53 Å². The number of hydrogen-bond acceptors (Lipinski definition) is 3. The van der Waals surface area contributed by atoms with E-state index in [9.17, 15) is 9.59 Å². The Labute approximate surface area is 115 Å². The van der Waals surface area contributed by atoms with Crippen molar-refractivity contribution in [2.45, 2.75) is 70.9 Å². The fourth-order valence-electron chi connectivity index (χ4n) is 3.17. The van der Waals surface area contributed by atoms with Crippen molar-refractivity contribution < 1.29 is 14.3 Å². The molecule has 0 aromatic rings. The van der Waals surface area contributed by atoms with Crippen molar-refractivity contribution in [1.82, 2.24) is 4.90 Å². The zero-order valence-corrected chi connectivity index (χ0v) is 12.3. The molecule has 0 N–H and O–H groups in total. The molecule has 0 spiro atoms. The number of nitrogens with zero attached hydrogens (tertiary/aromatic N) is 1. The number of likely N-dealkylation sites (tertiary alicyclic amines) is 1. The second kappa shape index (κ2) is 5.51. The molecule has 0 radical (unpaired) electrons. The van der Waals surface area contributed by atoms with Gasteiger partial charge in [-0.15, -0.1) is 0 Å². The summed E-state index contributed by atoms with van der Waals surface area (Å²) in [6.07, 6.45) is 5.39. The van der Waals surface area contributed by atoms with E-state index >= 15 is 0 Å². The highest BCUT2D eigenvalue weighted by Gasteiger charge is 2.40. The first kappa shape index (κ1) is 14.4. The first-order chi connectivity index (χ1) is 8.88. The molecule has 2 fully saturated rings. The molecule has 1 saturated heterocycles. The number of piperidine rings is 1. The minimum absolute atomic E-state index is 0.0489. The zero-order valence-electron chi connectivity index (χ0n) is 12.3. The Hall–Kier alpha value is -1.06. The third-order valence-corrected chi connectivity index (χ3v) is 3.99. The first-order valence-corrected chi connectivity index (χ1v) is 7.41. The van der Waals surface area contributed by atoms with Crippen LogP contribution in [0.25, 0.3) is 0 Å². The highest BCUT2D eigenvalue weighted by atomic mass is 16.6. The lowest BCUT2D eigenvalue weighted by molar-refractivity contribution is -0.122. The second-order valence-electron chi connectivity index (χ2n) is 6.70. The SMILES string of the molecule is CC(C)(C)OC(=O)N1CCCC[C@@H]1[C@@H]1CCCC1=O. The zero-order chi connectivity index (χ0) is 14.0. The lowest BCUT2D eigenvalue weighted by Gasteiger charge is -2.39. The van der Waals surface area contributed by atoms with Crippen molar-refractivity contribution >= 4 is 11.9 Å². The topological polar surface area (TPSA) is 46.6 Å². The van der Waals surface area contributed by atoms with Gasteiger partial charge in [0.25, 0.3) is 0 Å². The fourth-order valence-corrected chi connectivity index (χ4v) is 3.17. The number of amides is 1. The van der Waals surface area contributed by atoms with E-state index in [1.54, 1.807) is 0 Å². The summed E-state index contributed by atoms with van der Waals surface area (Å²) in [6, 6.07) is 0.0681. The van der Waals surface area contributed by atoms with Crippen LogP contribution in [0.1, 0.15) is 59.3 Å². The average molecular weight is 267 g/mol. The van der Waals surface area contributed by atoms with Gasteiger partial charge in [0.1, 0.15) is 11.4 Å². The molecule has 0 aromatic carbocycles. The van der Waals surface area contributed by atoms with Crippen molar-refractivity contribution in [3.63, 3.8) is 0 Å². The molecule has 1 aliphatic carbocycles. The van der Waals surface area contributed by atoms with Crippen LogP contribution in [0.5, 0.6) is 0 Å². The summed E-state index contributed by atoms with van der Waals surface area (Å²) in [5, 5.41) is 0. The number of ketones is 1. The van der Waals surface area contributed by atoms with Crippen LogP contribution >= 0.6 is 0 Å². The van der Waals surface area contributed by atoms with Gasteiger partial charge in [-0.1, -0.05) is 0 Å². The number of carbonyl (C=O) groups excluding carboxylic acids is 2. The van der Waals surface area contributed by atoms with E-state index in [1.165, 1.54) is 0 Å². The van der Waals surface area contributed by atoms with Gasteiger partial charge in [0.05, 0.1) is 0 Å². The van der Waals surface area contributed by atoms with Gasteiger partial charge in [-0.25, -0.2) is 4.79 Å². The van der Waals surface area contributed by atoms with Crippen LogP contribution in [0.15, 0.2) is 0 Å². The van der Waals surface area contributed by atoms with E-state index in [-0.39, 0.29) is 18.1 Å². The van der Waals surface area contributed by atoms with Crippen LogP contribution in [0, 0.1) is 5.92 Å². The maximum Gasteiger partial charge on any atom is 0.410 e.